The third-order valence-corrected chi connectivity index (χ3v) is 5.68. The summed E-state index contributed by atoms with van der Waals surface area (Å²) >= 11 is 1.73. The van der Waals surface area contributed by atoms with Crippen LogP contribution in [0.15, 0.2) is 42.5 Å². The van der Waals surface area contributed by atoms with Crippen molar-refractivity contribution in [2.24, 2.45) is 0 Å². The monoisotopic (exact) mass is 372 g/mol. The van der Waals surface area contributed by atoms with Gasteiger partial charge in [0.2, 0.25) is 0 Å². The molecule has 138 valence electrons. The van der Waals surface area contributed by atoms with E-state index in [1.165, 1.54) is 5.56 Å². The third kappa shape index (κ3) is 3.90. The van der Waals surface area contributed by atoms with Crippen molar-refractivity contribution in [3.05, 3.63) is 53.6 Å². The minimum atomic E-state index is -0.102. The van der Waals surface area contributed by atoms with Crippen LogP contribution in [0.25, 0.3) is 0 Å². The molecule has 2 aromatic carbocycles. The number of amides is 2. The van der Waals surface area contributed by atoms with Crippen molar-refractivity contribution in [3.8, 4) is 11.5 Å². The first-order valence-electron chi connectivity index (χ1n) is 8.66. The maximum absolute atomic E-state index is 12.9. The second-order valence-corrected chi connectivity index (χ2v) is 7.20. The van der Waals surface area contributed by atoms with Gasteiger partial charge in [0.15, 0.2) is 0 Å². The minimum Gasteiger partial charge on any atom is -0.497 e. The highest BCUT2D eigenvalue weighted by atomic mass is 32.2. The van der Waals surface area contributed by atoms with E-state index in [0.717, 1.165) is 34.9 Å². The molecule has 26 heavy (non-hydrogen) atoms. The maximum Gasteiger partial charge on any atom is 0.323 e. The molecule has 6 heteroatoms. The van der Waals surface area contributed by atoms with E-state index in [9.17, 15) is 4.79 Å². The Morgan fingerprint density at radius 2 is 2.08 bits per heavy atom. The molecule has 5 nitrogen and oxygen atoms in total. The zero-order valence-electron chi connectivity index (χ0n) is 15.3. The second kappa shape index (κ2) is 8.36. The van der Waals surface area contributed by atoms with Crippen molar-refractivity contribution >= 4 is 23.5 Å². The summed E-state index contributed by atoms with van der Waals surface area (Å²) < 4.78 is 10.9. The molecule has 0 aliphatic carbocycles. The van der Waals surface area contributed by atoms with Gasteiger partial charge in [-0.3, -0.25) is 0 Å². The van der Waals surface area contributed by atoms with Crippen molar-refractivity contribution in [2.45, 2.75) is 18.7 Å². The molecule has 0 aromatic heterocycles. The number of benzene rings is 2. The molecule has 3 rings (SSSR count). The summed E-state index contributed by atoms with van der Waals surface area (Å²) in [6.45, 7) is 2.79. The minimum absolute atomic E-state index is 0.0990. The Morgan fingerprint density at radius 1 is 1.23 bits per heavy atom. The molecule has 0 saturated carbocycles. The molecule has 1 aliphatic rings. The number of carbonyl (C=O) groups is 1. The molecule has 0 spiro atoms. The highest BCUT2D eigenvalue weighted by Crippen LogP contribution is 2.43. The quantitative estimate of drug-likeness (QED) is 0.837. The second-order valence-electron chi connectivity index (χ2n) is 6.01. The van der Waals surface area contributed by atoms with Gasteiger partial charge in [0.1, 0.15) is 16.9 Å². The Bertz CT molecular complexity index is 781. The Kier molecular flexibility index (Phi) is 5.93. The van der Waals surface area contributed by atoms with Crippen LogP contribution >= 0.6 is 11.8 Å². The SMILES string of the molecule is CCc1cccc(NC(=O)N2CCS[C@H]2c2cc(OC)ccc2OC)c1. The van der Waals surface area contributed by atoms with Crippen LogP contribution < -0.4 is 14.8 Å². The van der Waals surface area contributed by atoms with Crippen LogP contribution in [0.4, 0.5) is 10.5 Å². The fourth-order valence-corrected chi connectivity index (χ4v) is 4.30. The molecule has 1 atom stereocenters. The highest BCUT2D eigenvalue weighted by Gasteiger charge is 2.33. The lowest BCUT2D eigenvalue weighted by Gasteiger charge is -2.26. The number of urea groups is 1. The maximum atomic E-state index is 12.9. The lowest BCUT2D eigenvalue weighted by molar-refractivity contribution is 0.213. The van der Waals surface area contributed by atoms with Gasteiger partial charge in [0.25, 0.3) is 0 Å². The smallest absolute Gasteiger partial charge is 0.323 e. The van der Waals surface area contributed by atoms with Gasteiger partial charge in [-0.05, 0) is 42.3 Å². The summed E-state index contributed by atoms with van der Waals surface area (Å²) in [5.74, 6) is 2.40. The summed E-state index contributed by atoms with van der Waals surface area (Å²) in [5, 5.41) is 2.92. The summed E-state index contributed by atoms with van der Waals surface area (Å²) in [6.07, 6.45) is 0.937. The Labute approximate surface area is 158 Å². The number of carbonyl (C=O) groups excluding carboxylic acids is 1. The topological polar surface area (TPSA) is 50.8 Å². The van der Waals surface area contributed by atoms with Gasteiger partial charge < -0.3 is 19.7 Å². The summed E-state index contributed by atoms with van der Waals surface area (Å²) in [5.41, 5.74) is 2.97. The first-order valence-corrected chi connectivity index (χ1v) is 9.71. The molecular weight excluding hydrogens is 348 g/mol. The molecule has 0 bridgehead atoms. The lowest BCUT2D eigenvalue weighted by Crippen LogP contribution is -2.34. The van der Waals surface area contributed by atoms with Gasteiger partial charge in [-0.2, -0.15) is 0 Å². The highest BCUT2D eigenvalue weighted by molar-refractivity contribution is 7.99. The summed E-state index contributed by atoms with van der Waals surface area (Å²) in [7, 11) is 3.28. The fourth-order valence-electron chi connectivity index (χ4n) is 3.03. The number of anilines is 1. The number of aryl methyl sites for hydroxylation is 1. The van der Waals surface area contributed by atoms with E-state index in [4.69, 9.17) is 9.47 Å². The molecule has 1 fully saturated rings. The van der Waals surface area contributed by atoms with Crippen molar-refractivity contribution in [3.63, 3.8) is 0 Å². The number of hydrogen-bond acceptors (Lipinski definition) is 4. The van der Waals surface area contributed by atoms with Gasteiger partial charge in [0, 0.05) is 23.5 Å². The van der Waals surface area contributed by atoms with Crippen LogP contribution in [-0.2, 0) is 6.42 Å². The first kappa shape index (κ1) is 18.5. The number of ether oxygens (including phenoxy) is 2. The first-order chi connectivity index (χ1) is 12.7. The number of hydrogen-bond donors (Lipinski definition) is 1. The van der Waals surface area contributed by atoms with Crippen LogP contribution in [0.3, 0.4) is 0 Å². The lowest BCUT2D eigenvalue weighted by atomic mass is 10.1. The van der Waals surface area contributed by atoms with Gasteiger partial charge >= 0.3 is 6.03 Å². The van der Waals surface area contributed by atoms with Crippen molar-refractivity contribution < 1.29 is 14.3 Å². The van der Waals surface area contributed by atoms with Crippen LogP contribution in [-0.4, -0.2) is 37.4 Å². The van der Waals surface area contributed by atoms with E-state index in [-0.39, 0.29) is 11.4 Å². The molecule has 1 heterocycles. The molecule has 2 aromatic rings. The molecule has 0 radical (unpaired) electrons. The third-order valence-electron chi connectivity index (χ3n) is 4.44. The molecule has 1 N–H and O–H groups in total. The number of rotatable bonds is 5. The van der Waals surface area contributed by atoms with Crippen molar-refractivity contribution in [1.82, 2.24) is 4.90 Å². The number of thioether (sulfide) groups is 1. The van der Waals surface area contributed by atoms with E-state index in [1.54, 1.807) is 26.0 Å². The van der Waals surface area contributed by atoms with E-state index in [1.807, 2.05) is 41.3 Å². The zero-order chi connectivity index (χ0) is 18.5. The molecule has 2 amide bonds. The van der Waals surface area contributed by atoms with Crippen LogP contribution in [0.2, 0.25) is 0 Å². The Morgan fingerprint density at radius 3 is 2.81 bits per heavy atom. The van der Waals surface area contributed by atoms with E-state index >= 15 is 0 Å². The normalized spacial score (nSPS) is 16.4. The van der Waals surface area contributed by atoms with Crippen molar-refractivity contribution in [2.75, 3.05) is 31.8 Å². The van der Waals surface area contributed by atoms with Crippen molar-refractivity contribution in [1.29, 1.82) is 0 Å². The number of nitrogens with one attached hydrogen (secondary N) is 1. The van der Waals surface area contributed by atoms with Gasteiger partial charge in [-0.15, -0.1) is 11.8 Å². The Hall–Kier alpha value is -2.34. The zero-order valence-corrected chi connectivity index (χ0v) is 16.1. The average Bonchev–Trinajstić information content (AvgIpc) is 3.17. The van der Waals surface area contributed by atoms with E-state index in [2.05, 4.69) is 18.3 Å². The van der Waals surface area contributed by atoms with Crippen LogP contribution in [0.5, 0.6) is 11.5 Å². The van der Waals surface area contributed by atoms with Gasteiger partial charge in [-0.1, -0.05) is 19.1 Å². The van der Waals surface area contributed by atoms with E-state index < -0.39 is 0 Å². The average molecular weight is 372 g/mol. The number of methoxy groups -OCH3 is 2. The van der Waals surface area contributed by atoms with Crippen LogP contribution in [0, 0.1) is 0 Å². The van der Waals surface area contributed by atoms with Gasteiger partial charge in [0.05, 0.1) is 14.2 Å². The largest absolute Gasteiger partial charge is 0.497 e. The molecule has 1 aliphatic heterocycles. The number of nitrogens with zero attached hydrogens (tertiary/aromatic N) is 1. The Balaban J connectivity index is 1.82. The summed E-state index contributed by atoms with van der Waals surface area (Å²) in [6, 6.07) is 13.6. The molecular formula is C20H24N2O3S. The standard InChI is InChI=1S/C20H24N2O3S/c1-4-14-6-5-7-15(12-14)21-20(23)22-10-11-26-19(22)17-13-16(24-2)8-9-18(17)25-3/h5-9,12-13,19H,4,10-11H2,1-3H3,(H,21,23)/t19-/m0/s1. The van der Waals surface area contributed by atoms with Crippen LogP contribution in [0.1, 0.15) is 23.4 Å². The predicted octanol–water partition coefficient (Wildman–Crippen LogP) is 4.55. The predicted molar refractivity (Wildman–Crippen MR) is 106 cm³/mol. The fraction of sp³-hybridized carbons (Fsp3) is 0.350. The molecule has 0 unspecified atom stereocenters. The molecule has 1 saturated heterocycles. The van der Waals surface area contributed by atoms with Gasteiger partial charge in [-0.25, -0.2) is 4.79 Å². The summed E-state index contributed by atoms with van der Waals surface area (Å²) in [4.78, 5) is 14.7. The van der Waals surface area contributed by atoms with E-state index in [0.29, 0.717) is 6.54 Å².